The van der Waals surface area contributed by atoms with Gasteiger partial charge < -0.3 is 10.1 Å². The Hall–Kier alpha value is -3.23. The smallest absolute Gasteiger partial charge is 0.258 e. The highest BCUT2D eigenvalue weighted by molar-refractivity contribution is 7.89. The number of pyridine rings is 1. The van der Waals surface area contributed by atoms with Crippen LogP contribution in [0.1, 0.15) is 11.3 Å². The van der Waals surface area contributed by atoms with E-state index in [0.29, 0.717) is 25.3 Å². The molecule has 1 amide bonds. The lowest BCUT2D eigenvalue weighted by Crippen LogP contribution is -2.28. The zero-order valence-corrected chi connectivity index (χ0v) is 17.1. The van der Waals surface area contributed by atoms with Crippen LogP contribution in [0.3, 0.4) is 0 Å². The number of aromatic nitrogens is 1. The summed E-state index contributed by atoms with van der Waals surface area (Å²) < 4.78 is 32.8. The minimum Gasteiger partial charge on any atom is -0.484 e. The van der Waals surface area contributed by atoms with Crippen LogP contribution in [0.25, 0.3) is 0 Å². The minimum absolute atomic E-state index is 0.141. The van der Waals surface area contributed by atoms with Crippen LogP contribution in [0.2, 0.25) is 0 Å². The van der Waals surface area contributed by atoms with Crippen molar-refractivity contribution in [3.63, 3.8) is 0 Å². The number of rotatable bonds is 10. The molecular formula is C22H23N3O4S. The number of nitrogens with zero attached hydrogens (tertiary/aromatic N) is 1. The Morgan fingerprint density at radius 1 is 0.933 bits per heavy atom. The van der Waals surface area contributed by atoms with Crippen molar-refractivity contribution in [2.75, 3.05) is 13.2 Å². The number of nitrogens with one attached hydrogen (secondary N) is 2. The maximum absolute atomic E-state index is 12.4. The van der Waals surface area contributed by atoms with Gasteiger partial charge in [0.05, 0.1) is 17.1 Å². The SMILES string of the molecule is O=C(COc1ccc(S(=O)(=O)NCCc2ccccc2)cc1)NCc1ccccn1. The molecule has 0 saturated carbocycles. The maximum Gasteiger partial charge on any atom is 0.258 e. The number of carbonyl (C=O) groups excluding carboxylic acids is 1. The first-order chi connectivity index (χ1) is 14.5. The van der Waals surface area contributed by atoms with Crippen molar-refractivity contribution in [3.8, 4) is 5.75 Å². The van der Waals surface area contributed by atoms with Crippen molar-refractivity contribution in [3.05, 3.63) is 90.3 Å². The number of hydrogen-bond donors (Lipinski definition) is 2. The number of sulfonamides is 1. The van der Waals surface area contributed by atoms with Gasteiger partial charge in [-0.1, -0.05) is 36.4 Å². The molecule has 7 nitrogen and oxygen atoms in total. The zero-order chi connectivity index (χ0) is 21.2. The molecule has 0 radical (unpaired) electrons. The molecule has 1 heterocycles. The second kappa shape index (κ2) is 10.5. The molecule has 3 rings (SSSR count). The first-order valence-corrected chi connectivity index (χ1v) is 10.9. The molecule has 156 valence electrons. The molecule has 0 saturated heterocycles. The maximum atomic E-state index is 12.4. The van der Waals surface area contributed by atoms with Gasteiger partial charge in [-0.25, -0.2) is 13.1 Å². The average Bonchev–Trinajstić information content (AvgIpc) is 2.78. The minimum atomic E-state index is -3.61. The molecule has 0 unspecified atom stereocenters. The highest BCUT2D eigenvalue weighted by Gasteiger charge is 2.13. The summed E-state index contributed by atoms with van der Waals surface area (Å²) in [6.45, 7) is 0.449. The van der Waals surface area contributed by atoms with Gasteiger partial charge in [0.1, 0.15) is 5.75 Å². The average molecular weight is 426 g/mol. The fourth-order valence-corrected chi connectivity index (χ4v) is 3.70. The van der Waals surface area contributed by atoms with E-state index < -0.39 is 10.0 Å². The summed E-state index contributed by atoms with van der Waals surface area (Å²) in [5.41, 5.74) is 1.81. The van der Waals surface area contributed by atoms with E-state index in [0.717, 1.165) is 11.3 Å². The lowest BCUT2D eigenvalue weighted by atomic mass is 10.2. The molecule has 30 heavy (non-hydrogen) atoms. The van der Waals surface area contributed by atoms with E-state index in [1.54, 1.807) is 12.3 Å². The van der Waals surface area contributed by atoms with Crippen LogP contribution in [0.4, 0.5) is 0 Å². The Morgan fingerprint density at radius 3 is 2.37 bits per heavy atom. The molecule has 0 aliphatic heterocycles. The van der Waals surface area contributed by atoms with E-state index in [9.17, 15) is 13.2 Å². The van der Waals surface area contributed by atoms with Gasteiger partial charge in [-0.2, -0.15) is 0 Å². The topological polar surface area (TPSA) is 97.4 Å². The summed E-state index contributed by atoms with van der Waals surface area (Å²) >= 11 is 0. The molecular weight excluding hydrogens is 402 g/mol. The normalized spacial score (nSPS) is 11.1. The summed E-state index contributed by atoms with van der Waals surface area (Å²) in [5.74, 6) is 0.117. The molecule has 0 aliphatic carbocycles. The van der Waals surface area contributed by atoms with Crippen molar-refractivity contribution in [2.24, 2.45) is 0 Å². The van der Waals surface area contributed by atoms with Gasteiger partial charge >= 0.3 is 0 Å². The third kappa shape index (κ3) is 6.68. The molecule has 0 bridgehead atoms. The molecule has 0 fully saturated rings. The summed E-state index contributed by atoms with van der Waals surface area (Å²) in [7, 11) is -3.61. The first kappa shape index (κ1) is 21.5. The van der Waals surface area contributed by atoms with Crippen molar-refractivity contribution in [2.45, 2.75) is 17.9 Å². The van der Waals surface area contributed by atoms with Crippen molar-refractivity contribution in [1.29, 1.82) is 0 Å². The van der Waals surface area contributed by atoms with Gasteiger partial charge in [-0.15, -0.1) is 0 Å². The molecule has 0 aliphatic rings. The molecule has 2 N–H and O–H groups in total. The summed E-state index contributed by atoms with van der Waals surface area (Å²) in [6.07, 6.45) is 2.26. The van der Waals surface area contributed by atoms with Crippen LogP contribution >= 0.6 is 0 Å². The Morgan fingerprint density at radius 2 is 1.67 bits per heavy atom. The van der Waals surface area contributed by atoms with E-state index in [-0.39, 0.29) is 17.4 Å². The van der Waals surface area contributed by atoms with Crippen molar-refractivity contribution in [1.82, 2.24) is 15.0 Å². The highest BCUT2D eigenvalue weighted by atomic mass is 32.2. The first-order valence-electron chi connectivity index (χ1n) is 9.46. The van der Waals surface area contributed by atoms with E-state index in [2.05, 4.69) is 15.0 Å². The molecule has 8 heteroatoms. The number of hydrogen-bond acceptors (Lipinski definition) is 5. The Bertz CT molecular complexity index is 1040. The van der Waals surface area contributed by atoms with Gasteiger partial charge in [0.25, 0.3) is 5.91 Å². The second-order valence-corrected chi connectivity index (χ2v) is 8.26. The lowest BCUT2D eigenvalue weighted by molar-refractivity contribution is -0.123. The highest BCUT2D eigenvalue weighted by Crippen LogP contribution is 2.16. The van der Waals surface area contributed by atoms with Gasteiger partial charge in [0.15, 0.2) is 6.61 Å². The van der Waals surface area contributed by atoms with E-state index in [1.807, 2.05) is 42.5 Å². The number of amides is 1. The van der Waals surface area contributed by atoms with E-state index in [1.165, 1.54) is 24.3 Å². The Labute approximate surface area is 176 Å². The summed E-state index contributed by atoms with van der Waals surface area (Å²) in [4.78, 5) is 16.1. The van der Waals surface area contributed by atoms with Crippen LogP contribution in [-0.4, -0.2) is 32.5 Å². The lowest BCUT2D eigenvalue weighted by Gasteiger charge is -2.09. The molecule has 3 aromatic rings. The van der Waals surface area contributed by atoms with E-state index in [4.69, 9.17) is 4.74 Å². The quantitative estimate of drug-likeness (QED) is 0.520. The largest absolute Gasteiger partial charge is 0.484 e. The molecule has 0 atom stereocenters. The number of ether oxygens (including phenoxy) is 1. The Balaban J connectivity index is 1.44. The third-order valence-corrected chi connectivity index (χ3v) is 5.72. The summed E-state index contributed by atoms with van der Waals surface area (Å²) in [6, 6.07) is 21.1. The number of benzene rings is 2. The van der Waals surface area contributed by atoms with Crippen LogP contribution in [-0.2, 0) is 27.8 Å². The fourth-order valence-electron chi connectivity index (χ4n) is 2.66. The molecule has 2 aromatic carbocycles. The molecule has 0 spiro atoms. The van der Waals surface area contributed by atoms with Crippen molar-refractivity contribution < 1.29 is 17.9 Å². The third-order valence-electron chi connectivity index (χ3n) is 4.25. The predicted octanol–water partition coefficient (Wildman–Crippen LogP) is 2.30. The standard InChI is InChI=1S/C22H23N3O4S/c26-22(24-16-19-8-4-5-14-23-19)17-29-20-9-11-21(12-10-20)30(27,28)25-15-13-18-6-2-1-3-7-18/h1-12,14,25H,13,15-17H2,(H,24,26). The second-order valence-electron chi connectivity index (χ2n) is 6.49. The van der Waals surface area contributed by atoms with E-state index >= 15 is 0 Å². The Kier molecular flexibility index (Phi) is 7.53. The predicted molar refractivity (Wildman–Crippen MR) is 113 cm³/mol. The zero-order valence-electron chi connectivity index (χ0n) is 16.3. The monoisotopic (exact) mass is 425 g/mol. The van der Waals surface area contributed by atoms with Gasteiger partial charge in [0, 0.05) is 12.7 Å². The summed E-state index contributed by atoms with van der Waals surface area (Å²) in [5, 5.41) is 2.71. The fraction of sp³-hybridized carbons (Fsp3) is 0.182. The number of carbonyl (C=O) groups is 1. The van der Waals surface area contributed by atoms with Crippen LogP contribution in [0.5, 0.6) is 5.75 Å². The van der Waals surface area contributed by atoms with Crippen molar-refractivity contribution >= 4 is 15.9 Å². The van der Waals surface area contributed by atoms with Gasteiger partial charge in [-0.3, -0.25) is 9.78 Å². The molecule has 1 aromatic heterocycles. The van der Waals surface area contributed by atoms with Crippen LogP contribution in [0, 0.1) is 0 Å². The van der Waals surface area contributed by atoms with Crippen LogP contribution in [0.15, 0.2) is 83.9 Å². The van der Waals surface area contributed by atoms with Gasteiger partial charge in [0.2, 0.25) is 10.0 Å². The van der Waals surface area contributed by atoms with Crippen LogP contribution < -0.4 is 14.8 Å². The van der Waals surface area contributed by atoms with Gasteiger partial charge in [-0.05, 0) is 48.4 Å².